The van der Waals surface area contributed by atoms with E-state index in [9.17, 15) is 0 Å². The number of hydrogen-bond acceptors (Lipinski definition) is 5. The Labute approximate surface area is 95.9 Å². The molecule has 0 saturated carbocycles. The quantitative estimate of drug-likeness (QED) is 0.848. The molecule has 1 rings (SSSR count). The van der Waals surface area contributed by atoms with Gasteiger partial charge in [-0.15, -0.1) is 0 Å². The topological polar surface area (TPSA) is 41.0 Å². The summed E-state index contributed by atoms with van der Waals surface area (Å²) in [7, 11) is 4.00. The molecule has 0 unspecified atom stereocenters. The predicted octanol–water partition coefficient (Wildman–Crippen LogP) is 1.49. The standard InChI is InChI=1S/C10H20N4S/c1-10(2,3)8-12-9(15-13-8)14(5)7-6-11-4/h11H,6-7H2,1-5H3. The molecule has 0 atom stereocenters. The molecule has 0 fully saturated rings. The van der Waals surface area contributed by atoms with Crippen molar-refractivity contribution in [3.8, 4) is 0 Å². The van der Waals surface area contributed by atoms with Crippen LogP contribution < -0.4 is 10.2 Å². The molecule has 0 amide bonds. The van der Waals surface area contributed by atoms with Crippen LogP contribution in [0.25, 0.3) is 0 Å². The molecule has 0 aromatic carbocycles. The van der Waals surface area contributed by atoms with Crippen molar-refractivity contribution in [1.29, 1.82) is 0 Å². The third kappa shape index (κ3) is 3.43. The maximum absolute atomic E-state index is 4.54. The van der Waals surface area contributed by atoms with Gasteiger partial charge in [0.25, 0.3) is 0 Å². The van der Waals surface area contributed by atoms with Crippen molar-refractivity contribution in [2.75, 3.05) is 32.1 Å². The molecule has 0 radical (unpaired) electrons. The third-order valence-corrected chi connectivity index (χ3v) is 2.94. The van der Waals surface area contributed by atoms with Crippen molar-refractivity contribution in [2.45, 2.75) is 26.2 Å². The summed E-state index contributed by atoms with van der Waals surface area (Å²) in [5, 5.41) is 4.12. The second kappa shape index (κ2) is 4.90. The van der Waals surface area contributed by atoms with Crippen molar-refractivity contribution in [3.05, 3.63) is 5.82 Å². The monoisotopic (exact) mass is 228 g/mol. The fraction of sp³-hybridized carbons (Fsp3) is 0.800. The number of likely N-dealkylation sites (N-methyl/N-ethyl adjacent to an activating group) is 2. The van der Waals surface area contributed by atoms with E-state index in [2.05, 4.69) is 40.3 Å². The molecule has 0 spiro atoms. The summed E-state index contributed by atoms with van der Waals surface area (Å²) >= 11 is 1.47. The van der Waals surface area contributed by atoms with E-state index < -0.39 is 0 Å². The lowest BCUT2D eigenvalue weighted by Gasteiger charge is -2.15. The molecular weight excluding hydrogens is 208 g/mol. The van der Waals surface area contributed by atoms with E-state index in [1.165, 1.54) is 11.5 Å². The van der Waals surface area contributed by atoms with Crippen LogP contribution in [0.15, 0.2) is 0 Å². The van der Waals surface area contributed by atoms with Crippen molar-refractivity contribution in [1.82, 2.24) is 14.7 Å². The van der Waals surface area contributed by atoms with Gasteiger partial charge in [0.1, 0.15) is 5.82 Å². The first-order valence-electron chi connectivity index (χ1n) is 5.15. The fourth-order valence-electron chi connectivity index (χ4n) is 1.05. The second-order valence-corrected chi connectivity index (χ2v) is 5.41. The van der Waals surface area contributed by atoms with E-state index >= 15 is 0 Å². The molecular formula is C10H20N4S. The average Bonchev–Trinajstić information content (AvgIpc) is 2.62. The minimum absolute atomic E-state index is 0.0403. The first kappa shape index (κ1) is 12.4. The minimum Gasteiger partial charge on any atom is -0.349 e. The van der Waals surface area contributed by atoms with Crippen LogP contribution in [0, 0.1) is 0 Å². The zero-order valence-corrected chi connectivity index (χ0v) is 11.0. The van der Waals surface area contributed by atoms with Crippen LogP contribution in [0.5, 0.6) is 0 Å². The molecule has 1 aromatic heterocycles. The summed E-state index contributed by atoms with van der Waals surface area (Å²) in [6.45, 7) is 8.31. The van der Waals surface area contributed by atoms with Gasteiger partial charge in [-0.25, -0.2) is 4.98 Å². The van der Waals surface area contributed by atoms with Crippen molar-refractivity contribution < 1.29 is 0 Å². The van der Waals surface area contributed by atoms with Crippen LogP contribution in [0.1, 0.15) is 26.6 Å². The molecule has 86 valence electrons. The number of anilines is 1. The van der Waals surface area contributed by atoms with Crippen LogP contribution in [-0.4, -0.2) is 36.5 Å². The van der Waals surface area contributed by atoms with Gasteiger partial charge in [0.15, 0.2) is 0 Å². The van der Waals surface area contributed by atoms with Crippen molar-refractivity contribution in [2.24, 2.45) is 0 Å². The Hall–Kier alpha value is -0.680. The van der Waals surface area contributed by atoms with Gasteiger partial charge in [-0.2, -0.15) is 4.37 Å². The molecule has 0 aliphatic heterocycles. The largest absolute Gasteiger partial charge is 0.349 e. The Bertz CT molecular complexity index is 303. The SMILES string of the molecule is CNCCN(C)c1nc(C(C)(C)C)ns1. The van der Waals surface area contributed by atoms with E-state index in [1.807, 2.05) is 14.1 Å². The van der Waals surface area contributed by atoms with Crippen LogP contribution in [0.2, 0.25) is 0 Å². The van der Waals surface area contributed by atoms with Gasteiger partial charge in [-0.1, -0.05) is 20.8 Å². The van der Waals surface area contributed by atoms with E-state index in [4.69, 9.17) is 0 Å². The van der Waals surface area contributed by atoms with Crippen LogP contribution in [0.4, 0.5) is 5.13 Å². The molecule has 15 heavy (non-hydrogen) atoms. The summed E-state index contributed by atoms with van der Waals surface area (Å²) in [5.41, 5.74) is 0.0403. The Morgan fingerprint density at radius 3 is 2.53 bits per heavy atom. The van der Waals surface area contributed by atoms with Gasteiger partial charge >= 0.3 is 0 Å². The highest BCUT2D eigenvalue weighted by Crippen LogP contribution is 2.24. The van der Waals surface area contributed by atoms with Gasteiger partial charge in [0.05, 0.1) is 0 Å². The van der Waals surface area contributed by atoms with Gasteiger partial charge in [-0.05, 0) is 7.05 Å². The lowest BCUT2D eigenvalue weighted by atomic mass is 9.96. The van der Waals surface area contributed by atoms with Crippen molar-refractivity contribution >= 4 is 16.7 Å². The lowest BCUT2D eigenvalue weighted by Crippen LogP contribution is -2.27. The summed E-state index contributed by atoms with van der Waals surface area (Å²) in [6, 6.07) is 0. The zero-order valence-electron chi connectivity index (χ0n) is 10.2. The summed E-state index contributed by atoms with van der Waals surface area (Å²) < 4.78 is 4.39. The molecule has 0 saturated heterocycles. The summed E-state index contributed by atoms with van der Waals surface area (Å²) in [4.78, 5) is 6.67. The highest BCUT2D eigenvalue weighted by Gasteiger charge is 2.20. The molecule has 1 N–H and O–H groups in total. The number of aromatic nitrogens is 2. The van der Waals surface area contributed by atoms with Crippen LogP contribution in [0.3, 0.4) is 0 Å². The molecule has 0 aliphatic carbocycles. The molecule has 1 heterocycles. The van der Waals surface area contributed by atoms with Gasteiger partial charge in [0, 0.05) is 37.1 Å². The average molecular weight is 228 g/mol. The van der Waals surface area contributed by atoms with E-state index in [1.54, 1.807) is 0 Å². The Morgan fingerprint density at radius 1 is 1.40 bits per heavy atom. The minimum atomic E-state index is 0.0403. The predicted molar refractivity (Wildman–Crippen MR) is 65.8 cm³/mol. The van der Waals surface area contributed by atoms with Gasteiger partial charge < -0.3 is 10.2 Å². The number of hydrogen-bond donors (Lipinski definition) is 1. The maximum Gasteiger partial charge on any atom is 0.205 e. The van der Waals surface area contributed by atoms with Crippen LogP contribution in [-0.2, 0) is 5.41 Å². The highest BCUT2D eigenvalue weighted by molar-refractivity contribution is 7.09. The Balaban J connectivity index is 2.67. The molecule has 0 aliphatic rings. The Morgan fingerprint density at radius 2 is 2.07 bits per heavy atom. The number of nitrogens with one attached hydrogen (secondary N) is 1. The molecule has 5 heteroatoms. The lowest BCUT2D eigenvalue weighted by molar-refractivity contribution is 0.554. The Kier molecular flexibility index (Phi) is 4.04. The highest BCUT2D eigenvalue weighted by atomic mass is 32.1. The molecule has 0 bridgehead atoms. The van der Waals surface area contributed by atoms with Crippen molar-refractivity contribution in [3.63, 3.8) is 0 Å². The van der Waals surface area contributed by atoms with Crippen LogP contribution >= 0.6 is 11.5 Å². The first-order chi connectivity index (χ1) is 6.95. The smallest absolute Gasteiger partial charge is 0.205 e. The first-order valence-corrected chi connectivity index (χ1v) is 5.92. The number of nitrogens with zero attached hydrogens (tertiary/aromatic N) is 3. The normalized spacial score (nSPS) is 11.8. The van der Waals surface area contributed by atoms with E-state index in [0.717, 1.165) is 24.0 Å². The van der Waals surface area contributed by atoms with Gasteiger partial charge in [0.2, 0.25) is 5.13 Å². The third-order valence-electron chi connectivity index (χ3n) is 2.11. The molecule has 1 aromatic rings. The van der Waals surface area contributed by atoms with E-state index in [-0.39, 0.29) is 5.41 Å². The molecule has 4 nitrogen and oxygen atoms in total. The summed E-state index contributed by atoms with van der Waals surface area (Å²) in [6.07, 6.45) is 0. The number of rotatable bonds is 4. The van der Waals surface area contributed by atoms with Gasteiger partial charge in [-0.3, -0.25) is 0 Å². The zero-order chi connectivity index (χ0) is 11.5. The fourth-order valence-corrected chi connectivity index (χ4v) is 1.89. The second-order valence-electron chi connectivity index (χ2n) is 4.68. The summed E-state index contributed by atoms with van der Waals surface area (Å²) in [5.74, 6) is 0.929. The maximum atomic E-state index is 4.54. The van der Waals surface area contributed by atoms with E-state index in [0.29, 0.717) is 0 Å².